The number of thiophene rings is 1. The van der Waals surface area contributed by atoms with Crippen LogP contribution in [0.2, 0.25) is 0 Å². The summed E-state index contributed by atoms with van der Waals surface area (Å²) in [7, 11) is 1.34. The van der Waals surface area contributed by atoms with E-state index in [9.17, 15) is 9.59 Å². The van der Waals surface area contributed by atoms with E-state index in [1.807, 2.05) is 25.1 Å². The predicted octanol–water partition coefficient (Wildman–Crippen LogP) is 2.22. The normalized spacial score (nSPS) is 10.5. The van der Waals surface area contributed by atoms with Crippen molar-refractivity contribution in [1.82, 2.24) is 9.97 Å². The van der Waals surface area contributed by atoms with Gasteiger partial charge in [0.05, 0.1) is 19.3 Å². The molecule has 1 aromatic carbocycles. The van der Waals surface area contributed by atoms with Gasteiger partial charge in [0, 0.05) is 4.88 Å². The van der Waals surface area contributed by atoms with Crippen molar-refractivity contribution in [2.45, 2.75) is 6.92 Å². The molecule has 3 aromatic rings. The molecule has 0 unspecified atom stereocenters. The third kappa shape index (κ3) is 3.68. The van der Waals surface area contributed by atoms with Gasteiger partial charge < -0.3 is 25.6 Å². The molecule has 0 spiro atoms. The number of anilines is 2. The third-order valence-corrected chi connectivity index (χ3v) is 5.02. The number of rotatable bonds is 6. The van der Waals surface area contributed by atoms with Crippen molar-refractivity contribution in [3.8, 4) is 27.6 Å². The van der Waals surface area contributed by atoms with Gasteiger partial charge in [-0.1, -0.05) is 6.07 Å². The summed E-state index contributed by atoms with van der Waals surface area (Å²) in [6, 6.07) is 8.97. The van der Waals surface area contributed by atoms with E-state index in [1.54, 1.807) is 12.1 Å². The number of aromatic nitrogens is 2. The van der Waals surface area contributed by atoms with E-state index in [1.165, 1.54) is 18.4 Å². The van der Waals surface area contributed by atoms with Crippen molar-refractivity contribution in [3.05, 3.63) is 45.6 Å². The Morgan fingerprint density at radius 2 is 2.11 bits per heavy atom. The molecular weight excluding hydrogens is 382 g/mol. The first kappa shape index (κ1) is 19.4. The van der Waals surface area contributed by atoms with Crippen molar-refractivity contribution in [2.75, 3.05) is 24.9 Å². The van der Waals surface area contributed by atoms with E-state index in [0.29, 0.717) is 22.8 Å². The topological polar surface area (TPSA) is 145 Å². The van der Waals surface area contributed by atoms with Crippen molar-refractivity contribution in [3.63, 3.8) is 0 Å². The Hall–Kier alpha value is -3.37. The molecule has 0 amide bonds. The number of nitrogen functional groups attached to an aromatic ring is 2. The number of esters is 1. The van der Waals surface area contributed by atoms with E-state index >= 15 is 0 Å². The average molecular weight is 401 g/mol. The molecule has 146 valence electrons. The highest BCUT2D eigenvalue weighted by atomic mass is 32.1. The molecule has 10 heteroatoms. The van der Waals surface area contributed by atoms with Crippen molar-refractivity contribution >= 4 is 28.8 Å². The molecule has 2 heterocycles. The summed E-state index contributed by atoms with van der Waals surface area (Å²) < 4.78 is 10.5. The standard InChI is InChI=1S/C18H19N5O4S/c1-3-27-11-8-9(12-6-7-13(28-12)18(25)26-2)4-5-10(11)15-21-16(23-20)14(19)17(24)22-15/h4-8H,3,19-20H2,1-2H3,(H2,21,22,23,24). The van der Waals surface area contributed by atoms with Gasteiger partial charge in [-0.2, -0.15) is 0 Å². The molecule has 0 atom stereocenters. The monoisotopic (exact) mass is 401 g/mol. The first-order chi connectivity index (χ1) is 13.5. The molecule has 28 heavy (non-hydrogen) atoms. The molecule has 3 rings (SSSR count). The Morgan fingerprint density at radius 3 is 2.79 bits per heavy atom. The first-order valence-corrected chi connectivity index (χ1v) is 9.12. The summed E-state index contributed by atoms with van der Waals surface area (Å²) in [4.78, 5) is 32.0. The van der Waals surface area contributed by atoms with Gasteiger partial charge in [-0.05, 0) is 36.8 Å². The van der Waals surface area contributed by atoms with E-state index in [0.717, 1.165) is 10.4 Å². The fraction of sp³-hybridized carbons (Fsp3) is 0.167. The second-order valence-electron chi connectivity index (χ2n) is 5.62. The number of ether oxygens (including phenoxy) is 2. The van der Waals surface area contributed by atoms with E-state index in [2.05, 4.69) is 15.4 Å². The highest BCUT2D eigenvalue weighted by Crippen LogP contribution is 2.36. The molecule has 9 nitrogen and oxygen atoms in total. The van der Waals surface area contributed by atoms with E-state index in [4.69, 9.17) is 21.1 Å². The molecule has 2 aromatic heterocycles. The lowest BCUT2D eigenvalue weighted by Gasteiger charge is -2.12. The van der Waals surface area contributed by atoms with Crippen LogP contribution in [0.15, 0.2) is 35.1 Å². The number of nitrogens with zero attached hydrogens (tertiary/aromatic N) is 1. The number of hydrogen-bond acceptors (Lipinski definition) is 9. The van der Waals surface area contributed by atoms with Crippen molar-refractivity contribution in [2.24, 2.45) is 5.84 Å². The zero-order valence-electron chi connectivity index (χ0n) is 15.2. The Kier molecular flexibility index (Phi) is 5.62. The number of hydrazine groups is 1. The predicted molar refractivity (Wildman–Crippen MR) is 108 cm³/mol. The fourth-order valence-electron chi connectivity index (χ4n) is 2.57. The lowest BCUT2D eigenvalue weighted by atomic mass is 10.1. The van der Waals surface area contributed by atoms with Crippen LogP contribution in [-0.2, 0) is 4.74 Å². The van der Waals surface area contributed by atoms with Gasteiger partial charge in [-0.25, -0.2) is 15.6 Å². The van der Waals surface area contributed by atoms with Gasteiger partial charge in [0.25, 0.3) is 5.56 Å². The highest BCUT2D eigenvalue weighted by molar-refractivity contribution is 7.17. The van der Waals surface area contributed by atoms with Crippen LogP contribution in [-0.4, -0.2) is 29.7 Å². The molecule has 0 fully saturated rings. The zero-order chi connectivity index (χ0) is 20.3. The number of nitrogens with two attached hydrogens (primary N) is 2. The van der Waals surface area contributed by atoms with Crippen molar-refractivity contribution < 1.29 is 14.3 Å². The molecule has 0 saturated carbocycles. The summed E-state index contributed by atoms with van der Waals surface area (Å²) in [6.07, 6.45) is 0. The molecular formula is C18H19N5O4S. The van der Waals surface area contributed by atoms with Crippen LogP contribution in [0.3, 0.4) is 0 Å². The van der Waals surface area contributed by atoms with Crippen LogP contribution < -0.4 is 27.3 Å². The second kappa shape index (κ2) is 8.11. The zero-order valence-corrected chi connectivity index (χ0v) is 16.1. The minimum atomic E-state index is -0.509. The second-order valence-corrected chi connectivity index (χ2v) is 6.70. The fourth-order valence-corrected chi connectivity index (χ4v) is 3.49. The average Bonchev–Trinajstić information content (AvgIpc) is 3.20. The van der Waals surface area contributed by atoms with Gasteiger partial charge in [0.15, 0.2) is 5.82 Å². The smallest absolute Gasteiger partial charge is 0.348 e. The molecule has 0 bridgehead atoms. The Morgan fingerprint density at radius 1 is 1.32 bits per heavy atom. The SMILES string of the molecule is CCOc1cc(-c2ccc(C(=O)OC)s2)ccc1-c1nc(NN)c(N)c(=O)[nH]1. The number of aromatic amines is 1. The van der Waals surface area contributed by atoms with E-state index in [-0.39, 0.29) is 23.3 Å². The van der Waals surface area contributed by atoms with Gasteiger partial charge >= 0.3 is 5.97 Å². The molecule has 6 N–H and O–H groups in total. The van der Waals surface area contributed by atoms with Gasteiger partial charge in [-0.3, -0.25) is 4.79 Å². The number of H-pyrrole nitrogens is 1. The maximum Gasteiger partial charge on any atom is 0.348 e. The number of nitrogens with one attached hydrogen (secondary N) is 2. The lowest BCUT2D eigenvalue weighted by Crippen LogP contribution is -2.20. The molecule has 0 radical (unpaired) electrons. The van der Waals surface area contributed by atoms with Crippen LogP contribution in [0.25, 0.3) is 21.8 Å². The quantitative estimate of drug-likeness (QED) is 0.279. The number of methoxy groups -OCH3 is 1. The molecule has 0 aliphatic heterocycles. The van der Waals surface area contributed by atoms with Crippen LogP contribution in [0.5, 0.6) is 5.75 Å². The summed E-state index contributed by atoms with van der Waals surface area (Å²) in [5, 5.41) is 0. The first-order valence-electron chi connectivity index (χ1n) is 8.30. The molecule has 0 saturated heterocycles. The van der Waals surface area contributed by atoms with Gasteiger partial charge in [0.2, 0.25) is 0 Å². The highest BCUT2D eigenvalue weighted by Gasteiger charge is 2.16. The van der Waals surface area contributed by atoms with Gasteiger partial charge in [0.1, 0.15) is 22.1 Å². The van der Waals surface area contributed by atoms with Crippen molar-refractivity contribution in [1.29, 1.82) is 0 Å². The minimum absolute atomic E-state index is 0.0752. The number of carbonyl (C=O) groups excluding carboxylic acids is 1. The molecule has 0 aliphatic rings. The van der Waals surface area contributed by atoms with Crippen LogP contribution in [0, 0.1) is 0 Å². The summed E-state index contributed by atoms with van der Waals surface area (Å²) >= 11 is 1.31. The summed E-state index contributed by atoms with van der Waals surface area (Å²) in [5.74, 6) is 5.86. The maximum atomic E-state index is 12.0. The minimum Gasteiger partial charge on any atom is -0.493 e. The van der Waals surface area contributed by atoms with Crippen LogP contribution >= 0.6 is 11.3 Å². The summed E-state index contributed by atoms with van der Waals surface area (Å²) in [6.45, 7) is 2.26. The Bertz CT molecular complexity index is 1080. The lowest BCUT2D eigenvalue weighted by molar-refractivity contribution is 0.0606. The number of hydrogen-bond donors (Lipinski definition) is 4. The Balaban J connectivity index is 2.07. The van der Waals surface area contributed by atoms with E-state index < -0.39 is 5.56 Å². The summed E-state index contributed by atoms with van der Waals surface area (Å²) in [5.41, 5.74) is 8.79. The van der Waals surface area contributed by atoms with Crippen LogP contribution in [0.1, 0.15) is 16.6 Å². The van der Waals surface area contributed by atoms with Crippen LogP contribution in [0.4, 0.5) is 11.5 Å². The van der Waals surface area contributed by atoms with Gasteiger partial charge in [-0.15, -0.1) is 11.3 Å². The number of benzene rings is 1. The Labute approximate surface area is 164 Å². The third-order valence-electron chi connectivity index (χ3n) is 3.91. The molecule has 0 aliphatic carbocycles. The number of carbonyl (C=O) groups is 1. The largest absolute Gasteiger partial charge is 0.493 e. The maximum absolute atomic E-state index is 12.0.